The molecule has 0 atom stereocenters. The van der Waals surface area contributed by atoms with E-state index in [1.54, 1.807) is 25.1 Å². The maximum atomic E-state index is 12.6. The average Bonchev–Trinajstić information content (AvgIpc) is 2.56. The van der Waals surface area contributed by atoms with Crippen LogP contribution in [0.5, 0.6) is 0 Å². The van der Waals surface area contributed by atoms with Gasteiger partial charge in [0.1, 0.15) is 17.4 Å². The Morgan fingerprint density at radius 3 is 2.62 bits per heavy atom. The van der Waals surface area contributed by atoms with E-state index in [1.165, 1.54) is 6.07 Å². The molecule has 122 valence electrons. The van der Waals surface area contributed by atoms with Gasteiger partial charge >= 0.3 is 6.09 Å². The summed E-state index contributed by atoms with van der Waals surface area (Å²) in [6.07, 6.45) is 0.0954. The van der Waals surface area contributed by atoms with Crippen LogP contribution < -0.4 is 10.7 Å². The highest BCUT2D eigenvalue weighted by molar-refractivity contribution is 6.37. The molecule has 7 heteroatoms. The molecule has 3 rings (SSSR count). The van der Waals surface area contributed by atoms with E-state index in [-0.39, 0.29) is 17.6 Å². The van der Waals surface area contributed by atoms with Gasteiger partial charge in [-0.2, -0.15) is 0 Å². The SMILES string of the molecule is CCOC(=O)NC(=O)c1coc2c(cc(Cl)c3ccccc32)c1=O. The number of nitrogens with one attached hydrogen (secondary N) is 1. The van der Waals surface area contributed by atoms with E-state index in [2.05, 4.69) is 4.74 Å². The molecule has 24 heavy (non-hydrogen) atoms. The Kier molecular flexibility index (Phi) is 4.22. The lowest BCUT2D eigenvalue weighted by molar-refractivity contribution is 0.0922. The van der Waals surface area contributed by atoms with Gasteiger partial charge in [0.25, 0.3) is 5.91 Å². The summed E-state index contributed by atoms with van der Waals surface area (Å²) in [6, 6.07) is 8.63. The number of amides is 2. The summed E-state index contributed by atoms with van der Waals surface area (Å²) < 4.78 is 10.1. The van der Waals surface area contributed by atoms with E-state index in [1.807, 2.05) is 11.4 Å². The minimum Gasteiger partial charge on any atom is -0.463 e. The van der Waals surface area contributed by atoms with Crippen molar-refractivity contribution in [1.82, 2.24) is 5.32 Å². The van der Waals surface area contributed by atoms with Gasteiger partial charge in [-0.1, -0.05) is 35.9 Å². The van der Waals surface area contributed by atoms with Crippen LogP contribution >= 0.6 is 11.6 Å². The molecule has 0 fully saturated rings. The van der Waals surface area contributed by atoms with E-state index >= 15 is 0 Å². The van der Waals surface area contributed by atoms with Crippen LogP contribution in [0.3, 0.4) is 0 Å². The molecule has 0 aliphatic rings. The van der Waals surface area contributed by atoms with Gasteiger partial charge in [-0.05, 0) is 13.0 Å². The van der Waals surface area contributed by atoms with Crippen LogP contribution in [0.2, 0.25) is 5.02 Å². The Hall–Kier alpha value is -2.86. The van der Waals surface area contributed by atoms with Crippen molar-refractivity contribution in [2.45, 2.75) is 6.92 Å². The summed E-state index contributed by atoms with van der Waals surface area (Å²) in [5, 5.41) is 3.89. The first-order valence-corrected chi connectivity index (χ1v) is 7.51. The van der Waals surface area contributed by atoms with Crippen LogP contribution in [0, 0.1) is 0 Å². The summed E-state index contributed by atoms with van der Waals surface area (Å²) in [4.78, 5) is 35.9. The monoisotopic (exact) mass is 345 g/mol. The third-order valence-corrected chi connectivity index (χ3v) is 3.78. The quantitative estimate of drug-likeness (QED) is 0.718. The summed E-state index contributed by atoms with van der Waals surface area (Å²) in [5.41, 5.74) is -0.555. The Labute approximate surface area is 141 Å². The van der Waals surface area contributed by atoms with Crippen molar-refractivity contribution in [1.29, 1.82) is 0 Å². The zero-order valence-corrected chi connectivity index (χ0v) is 13.3. The second-order valence-electron chi connectivity index (χ2n) is 4.93. The lowest BCUT2D eigenvalue weighted by atomic mass is 10.1. The minimum atomic E-state index is -0.932. The van der Waals surface area contributed by atoms with Crippen LogP contribution in [-0.4, -0.2) is 18.6 Å². The number of carbonyl (C=O) groups is 2. The third kappa shape index (κ3) is 2.72. The highest BCUT2D eigenvalue weighted by Crippen LogP contribution is 2.30. The lowest BCUT2D eigenvalue weighted by Gasteiger charge is -2.07. The number of fused-ring (bicyclic) bond motifs is 3. The summed E-state index contributed by atoms with van der Waals surface area (Å²) >= 11 is 6.21. The Bertz CT molecular complexity index is 1020. The van der Waals surface area contributed by atoms with Crippen LogP contribution in [0.1, 0.15) is 17.3 Å². The smallest absolute Gasteiger partial charge is 0.414 e. The van der Waals surface area contributed by atoms with E-state index in [0.717, 1.165) is 11.6 Å². The fourth-order valence-corrected chi connectivity index (χ4v) is 2.67. The molecule has 6 nitrogen and oxygen atoms in total. The van der Waals surface area contributed by atoms with Gasteiger partial charge in [-0.25, -0.2) is 4.79 Å². The molecule has 1 aromatic heterocycles. The molecular weight excluding hydrogens is 334 g/mol. The number of halogens is 1. The van der Waals surface area contributed by atoms with Gasteiger partial charge < -0.3 is 9.15 Å². The van der Waals surface area contributed by atoms with Crippen molar-refractivity contribution in [3.8, 4) is 0 Å². The molecule has 0 spiro atoms. The second kappa shape index (κ2) is 6.33. The van der Waals surface area contributed by atoms with Crippen LogP contribution in [0.25, 0.3) is 21.7 Å². The summed E-state index contributed by atoms with van der Waals surface area (Å²) in [7, 11) is 0. The zero-order chi connectivity index (χ0) is 17.3. The molecule has 0 saturated carbocycles. The predicted octanol–water partition coefficient (Wildman–Crippen LogP) is 3.49. The topological polar surface area (TPSA) is 85.6 Å². The first-order valence-electron chi connectivity index (χ1n) is 7.13. The molecule has 1 N–H and O–H groups in total. The van der Waals surface area contributed by atoms with Crippen molar-refractivity contribution in [3.63, 3.8) is 0 Å². The van der Waals surface area contributed by atoms with Gasteiger partial charge in [0.15, 0.2) is 0 Å². The molecule has 1 heterocycles. The van der Waals surface area contributed by atoms with Gasteiger partial charge in [-0.3, -0.25) is 14.9 Å². The van der Waals surface area contributed by atoms with Crippen LogP contribution in [-0.2, 0) is 4.74 Å². The first-order chi connectivity index (χ1) is 11.5. The molecular formula is C17H12ClNO5. The molecule has 0 aliphatic carbocycles. The van der Waals surface area contributed by atoms with Crippen LogP contribution in [0.15, 0.2) is 45.8 Å². The Morgan fingerprint density at radius 1 is 1.21 bits per heavy atom. The number of ether oxygens (including phenoxy) is 1. The van der Waals surface area contributed by atoms with Crippen molar-refractivity contribution in [2.75, 3.05) is 6.61 Å². The normalized spacial score (nSPS) is 10.8. The lowest BCUT2D eigenvalue weighted by Crippen LogP contribution is -2.34. The number of benzene rings is 2. The van der Waals surface area contributed by atoms with Gasteiger partial charge in [0.05, 0.1) is 12.0 Å². The van der Waals surface area contributed by atoms with Gasteiger partial charge in [0, 0.05) is 15.8 Å². The fourth-order valence-electron chi connectivity index (χ4n) is 2.40. The number of hydrogen-bond acceptors (Lipinski definition) is 5. The van der Waals surface area contributed by atoms with Crippen molar-refractivity contribution < 1.29 is 18.7 Å². The Morgan fingerprint density at radius 2 is 1.92 bits per heavy atom. The number of alkyl carbamates (subject to hydrolysis) is 1. The van der Waals surface area contributed by atoms with E-state index < -0.39 is 17.4 Å². The van der Waals surface area contributed by atoms with E-state index in [0.29, 0.717) is 16.0 Å². The molecule has 2 amide bonds. The summed E-state index contributed by atoms with van der Waals surface area (Å²) in [6.45, 7) is 1.70. The van der Waals surface area contributed by atoms with Crippen molar-refractivity contribution in [3.05, 3.63) is 57.4 Å². The standard InChI is InChI=1S/C17H12ClNO5/c1-2-23-17(22)19-16(21)12-8-24-15-10-6-4-3-5-9(10)13(18)7-11(15)14(12)20/h3-8H,2H2,1H3,(H,19,21,22). The fraction of sp³-hybridized carbons (Fsp3) is 0.118. The minimum absolute atomic E-state index is 0.104. The van der Waals surface area contributed by atoms with Crippen molar-refractivity contribution >= 4 is 45.3 Å². The molecule has 0 saturated heterocycles. The van der Waals surface area contributed by atoms with Gasteiger partial charge in [-0.15, -0.1) is 0 Å². The maximum Gasteiger partial charge on any atom is 0.414 e. The molecule has 0 unspecified atom stereocenters. The summed E-state index contributed by atoms with van der Waals surface area (Å²) in [5.74, 6) is -0.895. The van der Waals surface area contributed by atoms with Crippen molar-refractivity contribution in [2.24, 2.45) is 0 Å². The highest BCUT2D eigenvalue weighted by Gasteiger charge is 2.19. The number of carbonyl (C=O) groups excluding carboxylic acids is 2. The molecule has 3 aromatic rings. The molecule has 0 bridgehead atoms. The van der Waals surface area contributed by atoms with Gasteiger partial charge in [0.2, 0.25) is 5.43 Å². The predicted molar refractivity (Wildman–Crippen MR) is 89.5 cm³/mol. The molecule has 0 radical (unpaired) electrons. The second-order valence-corrected chi connectivity index (χ2v) is 5.34. The number of hydrogen-bond donors (Lipinski definition) is 1. The zero-order valence-electron chi connectivity index (χ0n) is 12.6. The van der Waals surface area contributed by atoms with Crippen LogP contribution in [0.4, 0.5) is 4.79 Å². The molecule has 2 aromatic carbocycles. The van der Waals surface area contributed by atoms with E-state index in [9.17, 15) is 14.4 Å². The largest absolute Gasteiger partial charge is 0.463 e. The average molecular weight is 346 g/mol. The first kappa shape index (κ1) is 16.0. The molecule has 0 aliphatic heterocycles. The van der Waals surface area contributed by atoms with E-state index in [4.69, 9.17) is 16.0 Å². The number of imide groups is 1. The highest BCUT2D eigenvalue weighted by atomic mass is 35.5. The Balaban J connectivity index is 2.15. The third-order valence-electron chi connectivity index (χ3n) is 3.46. The maximum absolute atomic E-state index is 12.6. The number of rotatable bonds is 2.